The van der Waals surface area contributed by atoms with Gasteiger partial charge in [0.2, 0.25) is 0 Å². The van der Waals surface area contributed by atoms with E-state index in [1.165, 1.54) is 11.1 Å². The molecule has 4 nitrogen and oxygen atoms in total. The number of rotatable bonds is 3. The first kappa shape index (κ1) is 18.3. The number of nitriles is 1. The van der Waals surface area contributed by atoms with Crippen LogP contribution in [0.25, 0.3) is 5.57 Å². The highest BCUT2D eigenvalue weighted by atomic mass is 16.6. The zero-order valence-corrected chi connectivity index (χ0v) is 16.3. The molecule has 2 aliphatic heterocycles. The van der Waals surface area contributed by atoms with Crippen molar-refractivity contribution in [3.8, 4) is 6.07 Å². The number of ether oxygens (including phenoxy) is 1. The minimum Gasteiger partial charge on any atom is -0.445 e. The number of amides is 1. The van der Waals surface area contributed by atoms with Gasteiger partial charge in [-0.25, -0.2) is 4.79 Å². The van der Waals surface area contributed by atoms with Gasteiger partial charge in [-0.3, -0.25) is 4.90 Å². The fraction of sp³-hybridized carbons (Fsp3) is 0.333. The summed E-state index contributed by atoms with van der Waals surface area (Å²) in [5.41, 5.74) is 6.47. The van der Waals surface area contributed by atoms with Crippen LogP contribution in [0.15, 0.2) is 48.5 Å². The molecule has 0 aliphatic carbocycles. The molecule has 2 bridgehead atoms. The molecular weight excluding hydrogens is 348 g/mol. The van der Waals surface area contributed by atoms with Gasteiger partial charge in [0.05, 0.1) is 17.7 Å². The van der Waals surface area contributed by atoms with Crippen molar-refractivity contribution >= 4 is 11.7 Å². The number of benzene rings is 2. The van der Waals surface area contributed by atoms with E-state index in [2.05, 4.69) is 26.0 Å². The molecule has 1 amide bonds. The molecule has 0 spiro atoms. The number of hydrogen-bond acceptors (Lipinski definition) is 3. The molecule has 28 heavy (non-hydrogen) atoms. The van der Waals surface area contributed by atoms with Crippen molar-refractivity contribution in [3.63, 3.8) is 0 Å². The number of aryl methyl sites for hydroxylation is 2. The van der Waals surface area contributed by atoms with Gasteiger partial charge in [0.25, 0.3) is 0 Å². The van der Waals surface area contributed by atoms with E-state index in [1.807, 2.05) is 47.4 Å². The maximum Gasteiger partial charge on any atom is 0.410 e. The van der Waals surface area contributed by atoms with E-state index in [1.54, 1.807) is 0 Å². The Kier molecular flexibility index (Phi) is 4.92. The number of fused-ring (bicyclic) bond motifs is 2. The molecule has 2 atom stereocenters. The largest absolute Gasteiger partial charge is 0.445 e. The quantitative estimate of drug-likeness (QED) is 0.750. The first-order valence-electron chi connectivity index (χ1n) is 9.78. The number of nitrogens with zero attached hydrogens (tertiary/aromatic N) is 2. The molecule has 0 N–H and O–H groups in total. The highest BCUT2D eigenvalue weighted by Crippen LogP contribution is 2.40. The maximum atomic E-state index is 12.7. The first-order valence-corrected chi connectivity index (χ1v) is 9.78. The Morgan fingerprint density at radius 2 is 1.89 bits per heavy atom. The monoisotopic (exact) mass is 372 g/mol. The molecule has 0 aromatic heterocycles. The van der Waals surface area contributed by atoms with E-state index >= 15 is 0 Å². The lowest BCUT2D eigenvalue weighted by atomic mass is 9.88. The second-order valence-electron chi connectivity index (χ2n) is 7.74. The van der Waals surface area contributed by atoms with Crippen molar-refractivity contribution in [2.45, 2.75) is 51.8 Å². The van der Waals surface area contributed by atoms with Gasteiger partial charge in [-0.1, -0.05) is 36.4 Å². The van der Waals surface area contributed by atoms with Crippen LogP contribution in [-0.4, -0.2) is 23.1 Å². The normalized spacial score (nSPS) is 20.5. The fourth-order valence-corrected chi connectivity index (χ4v) is 4.63. The van der Waals surface area contributed by atoms with E-state index in [4.69, 9.17) is 4.74 Å². The third-order valence-electron chi connectivity index (χ3n) is 5.79. The van der Waals surface area contributed by atoms with Gasteiger partial charge in [0.1, 0.15) is 6.61 Å². The molecule has 0 saturated carbocycles. The smallest absolute Gasteiger partial charge is 0.410 e. The molecular formula is C24H24N2O2. The molecule has 142 valence electrons. The molecule has 2 aliphatic rings. The minimum absolute atomic E-state index is 0.0893. The van der Waals surface area contributed by atoms with Crippen LogP contribution in [0.3, 0.4) is 0 Å². The average molecular weight is 372 g/mol. The average Bonchev–Trinajstić information content (AvgIpc) is 2.96. The zero-order valence-electron chi connectivity index (χ0n) is 16.3. The highest BCUT2D eigenvalue weighted by molar-refractivity contribution is 5.77. The second-order valence-corrected chi connectivity index (χ2v) is 7.74. The third kappa shape index (κ3) is 3.41. The Morgan fingerprint density at radius 3 is 2.54 bits per heavy atom. The summed E-state index contributed by atoms with van der Waals surface area (Å²) in [6.45, 7) is 4.43. The zero-order chi connectivity index (χ0) is 19.7. The van der Waals surface area contributed by atoms with Gasteiger partial charge in [0, 0.05) is 6.04 Å². The molecule has 2 heterocycles. The molecule has 2 aromatic carbocycles. The van der Waals surface area contributed by atoms with E-state index in [0.717, 1.165) is 36.0 Å². The van der Waals surface area contributed by atoms with Crippen molar-refractivity contribution in [2.75, 3.05) is 0 Å². The number of carbonyl (C=O) groups excluding carboxylic acids is 1. The lowest BCUT2D eigenvalue weighted by molar-refractivity contribution is 0.0832. The van der Waals surface area contributed by atoms with Crippen LogP contribution in [0.2, 0.25) is 0 Å². The summed E-state index contributed by atoms with van der Waals surface area (Å²) in [5.74, 6) is 0. The Morgan fingerprint density at radius 1 is 1.18 bits per heavy atom. The van der Waals surface area contributed by atoms with Gasteiger partial charge >= 0.3 is 6.09 Å². The third-order valence-corrected chi connectivity index (χ3v) is 5.79. The minimum atomic E-state index is -0.222. The van der Waals surface area contributed by atoms with Crippen molar-refractivity contribution in [1.29, 1.82) is 5.26 Å². The van der Waals surface area contributed by atoms with E-state index < -0.39 is 0 Å². The molecule has 1 saturated heterocycles. The SMILES string of the molecule is Cc1cc(C#N)cc(C)c1C1=CC2CCC(C1)N2C(=O)OCc1ccccc1. The molecule has 4 rings (SSSR count). The lowest BCUT2D eigenvalue weighted by Crippen LogP contribution is -2.43. The molecule has 1 fully saturated rings. The maximum absolute atomic E-state index is 12.7. The van der Waals surface area contributed by atoms with Crippen LogP contribution in [0.5, 0.6) is 0 Å². The van der Waals surface area contributed by atoms with Gasteiger partial charge in [0.15, 0.2) is 0 Å². The standard InChI is InChI=1S/C24H24N2O2/c1-16-10-19(14-25)11-17(2)23(16)20-12-21-8-9-22(13-20)26(21)24(27)28-15-18-6-4-3-5-7-18/h3-7,10-12,21-22H,8-9,13,15H2,1-2H3. The van der Waals surface area contributed by atoms with Gasteiger partial charge in [-0.05, 0) is 73.1 Å². The summed E-state index contributed by atoms with van der Waals surface area (Å²) >= 11 is 0. The fourth-order valence-electron chi connectivity index (χ4n) is 4.63. The van der Waals surface area contributed by atoms with Crippen LogP contribution in [0.4, 0.5) is 4.79 Å². The topological polar surface area (TPSA) is 53.3 Å². The van der Waals surface area contributed by atoms with Crippen LogP contribution >= 0.6 is 0 Å². The summed E-state index contributed by atoms with van der Waals surface area (Å²) in [5, 5.41) is 9.19. The van der Waals surface area contributed by atoms with Crippen molar-refractivity contribution in [1.82, 2.24) is 4.90 Å². The second kappa shape index (κ2) is 7.52. The molecule has 0 radical (unpaired) electrons. The number of hydrogen-bond donors (Lipinski definition) is 0. The Labute approximate surface area is 166 Å². The van der Waals surface area contributed by atoms with Crippen LogP contribution < -0.4 is 0 Å². The van der Waals surface area contributed by atoms with E-state index in [9.17, 15) is 10.1 Å². The Bertz CT molecular complexity index is 949. The van der Waals surface area contributed by atoms with Crippen LogP contribution in [0.1, 0.15) is 47.1 Å². The summed E-state index contributed by atoms with van der Waals surface area (Å²) in [4.78, 5) is 14.6. The van der Waals surface area contributed by atoms with Crippen molar-refractivity contribution in [3.05, 3.63) is 76.4 Å². The lowest BCUT2D eigenvalue weighted by Gasteiger charge is -2.34. The van der Waals surface area contributed by atoms with E-state index in [-0.39, 0.29) is 18.2 Å². The molecule has 2 aromatic rings. The Hall–Kier alpha value is -3.06. The Balaban J connectivity index is 1.53. The van der Waals surface area contributed by atoms with E-state index in [0.29, 0.717) is 12.2 Å². The summed E-state index contributed by atoms with van der Waals surface area (Å²) in [6, 6.07) is 16.2. The van der Waals surface area contributed by atoms with Crippen LogP contribution in [0, 0.1) is 25.2 Å². The van der Waals surface area contributed by atoms with Crippen molar-refractivity contribution < 1.29 is 9.53 Å². The predicted octanol–water partition coefficient (Wildman–Crippen LogP) is 5.13. The predicted molar refractivity (Wildman–Crippen MR) is 109 cm³/mol. The summed E-state index contributed by atoms with van der Waals surface area (Å²) < 4.78 is 5.59. The van der Waals surface area contributed by atoms with Gasteiger partial charge in [-0.15, -0.1) is 0 Å². The highest BCUT2D eigenvalue weighted by Gasteiger charge is 2.41. The number of carbonyl (C=O) groups is 1. The van der Waals surface area contributed by atoms with Gasteiger partial charge in [-0.2, -0.15) is 5.26 Å². The van der Waals surface area contributed by atoms with Gasteiger partial charge < -0.3 is 4.74 Å². The molecule has 2 unspecified atom stereocenters. The first-order chi connectivity index (χ1) is 13.6. The van der Waals surface area contributed by atoms with Crippen molar-refractivity contribution in [2.24, 2.45) is 0 Å². The summed E-state index contributed by atoms with van der Waals surface area (Å²) in [7, 11) is 0. The van der Waals surface area contributed by atoms with Crippen LogP contribution in [-0.2, 0) is 11.3 Å². The summed E-state index contributed by atoms with van der Waals surface area (Å²) in [6.07, 6.45) is 4.82. The molecule has 4 heteroatoms.